The lowest BCUT2D eigenvalue weighted by Gasteiger charge is -2.32. The minimum Gasteiger partial charge on any atom is -0.495 e. The van der Waals surface area contributed by atoms with Gasteiger partial charge in [0.15, 0.2) is 0 Å². The highest BCUT2D eigenvalue weighted by Crippen LogP contribution is 2.30. The lowest BCUT2D eigenvalue weighted by atomic mass is 10.0. The number of anilines is 1. The Morgan fingerprint density at radius 3 is 2.23 bits per heavy atom. The summed E-state index contributed by atoms with van der Waals surface area (Å²) in [6.45, 7) is 4.63. The van der Waals surface area contributed by atoms with Crippen molar-refractivity contribution in [3.8, 4) is 5.75 Å². The van der Waals surface area contributed by atoms with Crippen LogP contribution >= 0.6 is 23.2 Å². The van der Waals surface area contributed by atoms with Gasteiger partial charge in [-0.05, 0) is 47.7 Å². The van der Waals surface area contributed by atoms with E-state index in [0.717, 1.165) is 11.8 Å². The molecule has 0 aliphatic rings. The summed E-state index contributed by atoms with van der Waals surface area (Å²) >= 11 is 12.7. The zero-order valence-corrected chi connectivity index (χ0v) is 27.3. The van der Waals surface area contributed by atoms with Gasteiger partial charge in [-0.15, -0.1) is 0 Å². The first-order valence-electron chi connectivity index (χ1n) is 14.1. The fourth-order valence-corrected chi connectivity index (χ4v) is 6.01. The Kier molecular flexibility index (Phi) is 12.7. The van der Waals surface area contributed by atoms with Gasteiger partial charge in [0, 0.05) is 37.5 Å². The van der Waals surface area contributed by atoms with Crippen molar-refractivity contribution in [3.63, 3.8) is 0 Å². The van der Waals surface area contributed by atoms with Gasteiger partial charge in [-0.25, -0.2) is 8.42 Å². The second-order valence-electron chi connectivity index (χ2n) is 10.7. The van der Waals surface area contributed by atoms with E-state index < -0.39 is 16.1 Å². The lowest BCUT2D eigenvalue weighted by Crippen LogP contribution is -2.51. The van der Waals surface area contributed by atoms with Crippen LogP contribution in [0.25, 0.3) is 0 Å². The molecule has 0 radical (unpaired) electrons. The Balaban J connectivity index is 1.89. The lowest BCUT2D eigenvalue weighted by molar-refractivity contribution is -0.141. The number of halogens is 2. The van der Waals surface area contributed by atoms with Crippen LogP contribution in [0.4, 0.5) is 5.69 Å². The number of hydrogen-bond donors (Lipinski definition) is 1. The van der Waals surface area contributed by atoms with Crippen LogP contribution in [0.3, 0.4) is 0 Å². The average molecular weight is 649 g/mol. The first kappa shape index (κ1) is 34.2. The molecule has 0 bridgehead atoms. The van der Waals surface area contributed by atoms with Crippen LogP contribution in [0.2, 0.25) is 10.0 Å². The van der Waals surface area contributed by atoms with E-state index in [-0.39, 0.29) is 48.7 Å². The number of nitrogens with one attached hydrogen (secondary N) is 1. The van der Waals surface area contributed by atoms with Crippen molar-refractivity contribution in [1.82, 2.24) is 10.2 Å². The van der Waals surface area contributed by atoms with Crippen molar-refractivity contribution in [2.75, 3.05) is 30.8 Å². The number of carbonyl (C=O) groups is 2. The van der Waals surface area contributed by atoms with Crippen molar-refractivity contribution in [2.24, 2.45) is 5.92 Å². The third-order valence-electron chi connectivity index (χ3n) is 6.83. The van der Waals surface area contributed by atoms with Crippen molar-refractivity contribution >= 4 is 50.7 Å². The Bertz CT molecular complexity index is 1490. The summed E-state index contributed by atoms with van der Waals surface area (Å²) in [5, 5.41) is 3.75. The maximum absolute atomic E-state index is 13.9. The second kappa shape index (κ2) is 16.0. The fraction of sp³-hybridized carbons (Fsp3) is 0.375. The Labute approximate surface area is 265 Å². The summed E-state index contributed by atoms with van der Waals surface area (Å²) in [7, 11) is -2.21. The van der Waals surface area contributed by atoms with E-state index in [1.54, 1.807) is 29.2 Å². The molecular weight excluding hydrogens is 609 g/mol. The monoisotopic (exact) mass is 647 g/mol. The predicted molar refractivity (Wildman–Crippen MR) is 173 cm³/mol. The normalized spacial score (nSPS) is 12.1. The molecule has 8 nitrogen and oxygen atoms in total. The molecule has 1 atom stereocenters. The summed E-state index contributed by atoms with van der Waals surface area (Å²) in [6.07, 6.45) is 1.62. The van der Waals surface area contributed by atoms with E-state index in [1.165, 1.54) is 17.5 Å². The molecule has 0 aliphatic carbocycles. The molecule has 0 saturated heterocycles. The molecule has 2 amide bonds. The van der Waals surface area contributed by atoms with E-state index in [2.05, 4.69) is 5.32 Å². The minimum atomic E-state index is -3.69. The first-order chi connectivity index (χ1) is 20.4. The number of methoxy groups -OCH3 is 1. The molecule has 43 heavy (non-hydrogen) atoms. The number of rotatable bonds is 15. The molecule has 0 aliphatic heterocycles. The molecule has 3 rings (SSSR count). The number of sulfonamides is 1. The van der Waals surface area contributed by atoms with Gasteiger partial charge >= 0.3 is 0 Å². The largest absolute Gasteiger partial charge is 0.495 e. The Hall–Kier alpha value is -3.27. The zero-order chi connectivity index (χ0) is 31.6. The highest BCUT2D eigenvalue weighted by Gasteiger charge is 2.31. The summed E-state index contributed by atoms with van der Waals surface area (Å²) < 4.78 is 31.8. The smallest absolute Gasteiger partial charge is 0.243 e. The van der Waals surface area contributed by atoms with E-state index in [1.807, 2.05) is 56.3 Å². The first-order valence-corrected chi connectivity index (χ1v) is 16.7. The molecule has 0 fully saturated rings. The Morgan fingerprint density at radius 1 is 0.953 bits per heavy atom. The molecule has 0 saturated carbocycles. The molecule has 0 heterocycles. The summed E-state index contributed by atoms with van der Waals surface area (Å²) in [6, 6.07) is 20.6. The number of ether oxygens (including phenoxy) is 1. The third kappa shape index (κ3) is 10.2. The van der Waals surface area contributed by atoms with Crippen LogP contribution < -0.4 is 14.4 Å². The average Bonchev–Trinajstić information content (AvgIpc) is 2.96. The quantitative estimate of drug-likeness (QED) is 0.220. The van der Waals surface area contributed by atoms with Crippen LogP contribution in [0.15, 0.2) is 72.8 Å². The van der Waals surface area contributed by atoms with Crippen molar-refractivity contribution < 1.29 is 22.7 Å². The molecule has 0 aromatic heterocycles. The van der Waals surface area contributed by atoms with Gasteiger partial charge in [-0.2, -0.15) is 0 Å². The van der Waals surface area contributed by atoms with Gasteiger partial charge in [-0.3, -0.25) is 13.9 Å². The van der Waals surface area contributed by atoms with Gasteiger partial charge in [0.2, 0.25) is 21.8 Å². The van der Waals surface area contributed by atoms with Crippen molar-refractivity contribution in [1.29, 1.82) is 0 Å². The maximum atomic E-state index is 13.9. The van der Waals surface area contributed by atoms with Crippen molar-refractivity contribution in [3.05, 3.63) is 94.0 Å². The highest BCUT2D eigenvalue weighted by molar-refractivity contribution is 7.92. The summed E-state index contributed by atoms with van der Waals surface area (Å²) in [5.41, 5.74) is 1.98. The molecule has 0 spiro atoms. The minimum absolute atomic E-state index is 0.00309. The molecule has 3 aromatic rings. The SMILES string of the molecule is COc1ccc(N(CCCC(=O)N(Cc2ccccc2Cl)[C@@H](Cc2ccccc2)C(=O)NCC(C)C)S(C)(=O)=O)cc1Cl. The molecular formula is C32H39Cl2N3O5S. The van der Waals surface area contributed by atoms with Gasteiger partial charge in [0.1, 0.15) is 11.8 Å². The van der Waals surface area contributed by atoms with Crippen LogP contribution in [-0.2, 0) is 32.6 Å². The molecule has 11 heteroatoms. The van der Waals surface area contributed by atoms with E-state index in [0.29, 0.717) is 35.0 Å². The van der Waals surface area contributed by atoms with Crippen LogP contribution in [0.1, 0.15) is 37.8 Å². The fourth-order valence-electron chi connectivity index (χ4n) is 4.60. The van der Waals surface area contributed by atoms with Gasteiger partial charge < -0.3 is 15.0 Å². The topological polar surface area (TPSA) is 96.0 Å². The highest BCUT2D eigenvalue weighted by atomic mass is 35.5. The van der Waals surface area contributed by atoms with E-state index in [9.17, 15) is 18.0 Å². The van der Waals surface area contributed by atoms with E-state index in [4.69, 9.17) is 27.9 Å². The molecule has 232 valence electrons. The van der Waals surface area contributed by atoms with Gasteiger partial charge in [0.25, 0.3) is 0 Å². The van der Waals surface area contributed by atoms with Gasteiger partial charge in [-0.1, -0.05) is 85.6 Å². The molecule has 0 unspecified atom stereocenters. The van der Waals surface area contributed by atoms with Crippen LogP contribution in [0.5, 0.6) is 5.75 Å². The number of amides is 2. The zero-order valence-electron chi connectivity index (χ0n) is 24.9. The number of hydrogen-bond acceptors (Lipinski definition) is 5. The number of benzene rings is 3. The Morgan fingerprint density at radius 2 is 1.63 bits per heavy atom. The van der Waals surface area contributed by atoms with Crippen molar-refractivity contribution in [2.45, 2.75) is 45.7 Å². The summed E-state index contributed by atoms with van der Waals surface area (Å²) in [5.74, 6) is 0.0947. The number of carbonyl (C=O) groups excluding carboxylic acids is 2. The molecule has 1 N–H and O–H groups in total. The van der Waals surface area contributed by atoms with Gasteiger partial charge in [0.05, 0.1) is 24.1 Å². The third-order valence-corrected chi connectivity index (χ3v) is 8.69. The van der Waals surface area contributed by atoms with Crippen LogP contribution in [0, 0.1) is 5.92 Å². The molecule has 3 aromatic carbocycles. The van der Waals surface area contributed by atoms with Crippen LogP contribution in [-0.4, -0.2) is 57.6 Å². The van der Waals surface area contributed by atoms with E-state index >= 15 is 0 Å². The number of nitrogens with zero attached hydrogens (tertiary/aromatic N) is 2. The predicted octanol–water partition coefficient (Wildman–Crippen LogP) is 5.96. The standard InChI is InChI=1S/C32H39Cl2N3O5S/c1-23(2)21-35-32(39)29(19-24-11-6-5-7-12-24)36(22-25-13-8-9-14-27(25)33)31(38)15-10-18-37(43(4,40)41)26-16-17-30(42-3)28(34)20-26/h5-9,11-14,16-17,20,23,29H,10,15,18-19,21-22H2,1-4H3,(H,35,39)/t29-/m0/s1. The summed E-state index contributed by atoms with van der Waals surface area (Å²) in [4.78, 5) is 29.1. The second-order valence-corrected chi connectivity index (χ2v) is 13.4. The maximum Gasteiger partial charge on any atom is 0.243 e.